The molecular formula is C13H13N3OS2. The van der Waals surface area contributed by atoms with Crippen LogP contribution in [0.3, 0.4) is 0 Å². The summed E-state index contributed by atoms with van der Waals surface area (Å²) in [7, 11) is 1.67. The molecule has 3 aromatic rings. The van der Waals surface area contributed by atoms with Crippen molar-refractivity contribution in [2.24, 2.45) is 5.73 Å². The highest BCUT2D eigenvalue weighted by Gasteiger charge is 2.12. The van der Waals surface area contributed by atoms with Crippen LogP contribution in [0.5, 0.6) is 5.75 Å². The van der Waals surface area contributed by atoms with Crippen LogP contribution in [0.2, 0.25) is 0 Å². The van der Waals surface area contributed by atoms with E-state index >= 15 is 0 Å². The van der Waals surface area contributed by atoms with Crippen molar-refractivity contribution in [3.05, 3.63) is 28.6 Å². The van der Waals surface area contributed by atoms with Gasteiger partial charge in [0.2, 0.25) is 0 Å². The van der Waals surface area contributed by atoms with Crippen molar-refractivity contribution in [2.45, 2.75) is 13.0 Å². The normalized spacial score (nSPS) is 12.8. The predicted octanol–water partition coefficient (Wildman–Crippen LogP) is 3.45. The summed E-state index contributed by atoms with van der Waals surface area (Å²) in [5.41, 5.74) is 7.70. The summed E-state index contributed by atoms with van der Waals surface area (Å²) in [6, 6.07) is 5.84. The molecule has 3 rings (SSSR count). The first kappa shape index (κ1) is 12.5. The molecule has 2 aromatic heterocycles. The van der Waals surface area contributed by atoms with E-state index in [9.17, 15) is 0 Å². The zero-order chi connectivity index (χ0) is 13.4. The van der Waals surface area contributed by atoms with Gasteiger partial charge in [0.1, 0.15) is 21.5 Å². The Balaban J connectivity index is 2.04. The molecule has 0 fully saturated rings. The Labute approximate surface area is 118 Å². The highest BCUT2D eigenvalue weighted by Crippen LogP contribution is 2.33. The fraction of sp³-hybridized carbons (Fsp3) is 0.231. The molecular weight excluding hydrogens is 278 g/mol. The molecule has 0 amide bonds. The van der Waals surface area contributed by atoms with E-state index in [1.54, 1.807) is 29.8 Å². The van der Waals surface area contributed by atoms with E-state index in [4.69, 9.17) is 10.5 Å². The molecule has 0 aliphatic rings. The monoisotopic (exact) mass is 291 g/mol. The average molecular weight is 291 g/mol. The summed E-state index contributed by atoms with van der Waals surface area (Å²) in [6.07, 6.45) is 0. The van der Waals surface area contributed by atoms with E-state index in [-0.39, 0.29) is 6.04 Å². The molecule has 1 atom stereocenters. The molecule has 0 aliphatic heterocycles. The number of nitrogens with zero attached hydrogens (tertiary/aromatic N) is 2. The van der Waals surface area contributed by atoms with Gasteiger partial charge in [-0.25, -0.2) is 9.97 Å². The smallest absolute Gasteiger partial charge is 0.143 e. The number of fused-ring (bicyclic) bond motifs is 1. The molecule has 2 N–H and O–H groups in total. The van der Waals surface area contributed by atoms with Crippen LogP contribution in [0.4, 0.5) is 0 Å². The van der Waals surface area contributed by atoms with E-state index in [1.165, 1.54) is 0 Å². The molecule has 1 unspecified atom stereocenters. The Morgan fingerprint density at radius 3 is 2.84 bits per heavy atom. The lowest BCUT2D eigenvalue weighted by atomic mass is 10.3. The Kier molecular flexibility index (Phi) is 3.22. The number of hydrogen-bond donors (Lipinski definition) is 1. The number of ether oxygens (including phenoxy) is 1. The average Bonchev–Trinajstić information content (AvgIpc) is 3.04. The molecule has 2 heterocycles. The Bertz CT molecular complexity index is 718. The van der Waals surface area contributed by atoms with Crippen molar-refractivity contribution < 1.29 is 4.74 Å². The van der Waals surface area contributed by atoms with Gasteiger partial charge in [0.25, 0.3) is 0 Å². The largest absolute Gasteiger partial charge is 0.497 e. The van der Waals surface area contributed by atoms with Crippen molar-refractivity contribution in [1.82, 2.24) is 9.97 Å². The lowest BCUT2D eigenvalue weighted by Gasteiger charge is -1.96. The van der Waals surface area contributed by atoms with Crippen LogP contribution in [0.1, 0.15) is 18.0 Å². The van der Waals surface area contributed by atoms with Gasteiger partial charge < -0.3 is 10.5 Å². The maximum atomic E-state index is 5.83. The number of nitrogens with two attached hydrogens (primary N) is 1. The van der Waals surface area contributed by atoms with Crippen molar-refractivity contribution in [1.29, 1.82) is 0 Å². The number of rotatable bonds is 3. The van der Waals surface area contributed by atoms with Crippen LogP contribution in [-0.4, -0.2) is 17.1 Å². The van der Waals surface area contributed by atoms with Crippen LogP contribution >= 0.6 is 22.7 Å². The summed E-state index contributed by atoms with van der Waals surface area (Å²) in [6.45, 7) is 1.94. The van der Waals surface area contributed by atoms with Gasteiger partial charge in [0, 0.05) is 5.38 Å². The second-order valence-corrected chi connectivity index (χ2v) is 6.13. The molecule has 19 heavy (non-hydrogen) atoms. The minimum Gasteiger partial charge on any atom is -0.497 e. The van der Waals surface area contributed by atoms with Crippen molar-refractivity contribution >= 4 is 32.9 Å². The topological polar surface area (TPSA) is 61.0 Å². The molecule has 0 saturated carbocycles. The number of hydrogen-bond acceptors (Lipinski definition) is 6. The summed E-state index contributed by atoms with van der Waals surface area (Å²) in [4.78, 5) is 9.13. The molecule has 0 aliphatic carbocycles. The van der Waals surface area contributed by atoms with Gasteiger partial charge in [0.15, 0.2) is 0 Å². The van der Waals surface area contributed by atoms with Crippen LogP contribution in [-0.2, 0) is 0 Å². The Morgan fingerprint density at radius 2 is 2.16 bits per heavy atom. The van der Waals surface area contributed by atoms with Crippen molar-refractivity contribution in [2.75, 3.05) is 7.11 Å². The van der Waals surface area contributed by atoms with Crippen molar-refractivity contribution in [3.63, 3.8) is 0 Å². The van der Waals surface area contributed by atoms with E-state index < -0.39 is 0 Å². The summed E-state index contributed by atoms with van der Waals surface area (Å²) in [5.74, 6) is 0.845. The molecule has 6 heteroatoms. The summed E-state index contributed by atoms with van der Waals surface area (Å²) < 4.78 is 6.32. The maximum Gasteiger partial charge on any atom is 0.143 e. The minimum absolute atomic E-state index is 0.0341. The zero-order valence-electron chi connectivity index (χ0n) is 10.6. The van der Waals surface area contributed by atoms with E-state index in [0.29, 0.717) is 0 Å². The molecule has 0 radical (unpaired) electrons. The van der Waals surface area contributed by atoms with Gasteiger partial charge in [0.05, 0.1) is 23.4 Å². The Morgan fingerprint density at radius 1 is 1.32 bits per heavy atom. The molecule has 98 valence electrons. The third kappa shape index (κ3) is 2.34. The standard InChI is InChI=1S/C13H13N3OS2/c1-7(14)12-16-10(6-18-12)13-15-9-4-3-8(17-2)5-11(9)19-13/h3-7H,14H2,1-2H3. The maximum absolute atomic E-state index is 5.83. The van der Waals surface area contributed by atoms with Crippen LogP contribution in [0, 0.1) is 0 Å². The minimum atomic E-state index is -0.0341. The first-order valence-corrected chi connectivity index (χ1v) is 7.53. The molecule has 0 saturated heterocycles. The highest BCUT2D eigenvalue weighted by molar-refractivity contribution is 7.22. The quantitative estimate of drug-likeness (QED) is 0.803. The SMILES string of the molecule is COc1ccc2nc(-c3csc(C(C)N)n3)sc2c1. The first-order chi connectivity index (χ1) is 9.17. The van der Waals surface area contributed by atoms with Gasteiger partial charge in [-0.2, -0.15) is 0 Å². The van der Waals surface area contributed by atoms with Gasteiger partial charge in [-0.1, -0.05) is 0 Å². The lowest BCUT2D eigenvalue weighted by molar-refractivity contribution is 0.415. The van der Waals surface area contributed by atoms with Crippen LogP contribution in [0.15, 0.2) is 23.6 Å². The van der Waals surface area contributed by atoms with Crippen LogP contribution in [0.25, 0.3) is 20.9 Å². The highest BCUT2D eigenvalue weighted by atomic mass is 32.1. The molecule has 4 nitrogen and oxygen atoms in total. The van der Waals surface area contributed by atoms with Gasteiger partial charge in [-0.15, -0.1) is 22.7 Å². The third-order valence-corrected chi connectivity index (χ3v) is 4.81. The van der Waals surface area contributed by atoms with Gasteiger partial charge in [-0.05, 0) is 25.1 Å². The first-order valence-electron chi connectivity index (χ1n) is 5.83. The summed E-state index contributed by atoms with van der Waals surface area (Å²) >= 11 is 3.19. The van der Waals surface area contributed by atoms with E-state index in [0.717, 1.165) is 31.7 Å². The van der Waals surface area contributed by atoms with Gasteiger partial charge >= 0.3 is 0 Å². The molecule has 0 spiro atoms. The van der Waals surface area contributed by atoms with E-state index in [2.05, 4.69) is 9.97 Å². The fourth-order valence-corrected chi connectivity index (χ4v) is 3.53. The number of thiazole rings is 2. The second-order valence-electron chi connectivity index (χ2n) is 4.21. The fourth-order valence-electron chi connectivity index (χ4n) is 1.74. The Hall–Kier alpha value is -1.50. The summed E-state index contributed by atoms with van der Waals surface area (Å²) in [5, 5.41) is 3.87. The number of benzene rings is 1. The molecule has 1 aromatic carbocycles. The zero-order valence-corrected chi connectivity index (χ0v) is 12.2. The third-order valence-electron chi connectivity index (χ3n) is 2.73. The second kappa shape index (κ2) is 4.88. The number of aromatic nitrogens is 2. The molecule has 0 bridgehead atoms. The lowest BCUT2D eigenvalue weighted by Crippen LogP contribution is -2.03. The van der Waals surface area contributed by atoms with Crippen molar-refractivity contribution in [3.8, 4) is 16.5 Å². The number of methoxy groups -OCH3 is 1. The van der Waals surface area contributed by atoms with E-state index in [1.807, 2.05) is 30.5 Å². The predicted molar refractivity (Wildman–Crippen MR) is 79.9 cm³/mol. The van der Waals surface area contributed by atoms with Crippen LogP contribution < -0.4 is 10.5 Å². The van der Waals surface area contributed by atoms with Gasteiger partial charge in [-0.3, -0.25) is 0 Å².